The second kappa shape index (κ2) is 7.26. The minimum Gasteiger partial charge on any atom is -0.409 e. The number of hydrogen-bond acceptors (Lipinski definition) is 4. The molecule has 0 spiro atoms. The Bertz CT molecular complexity index is 450. The molecule has 0 aliphatic rings. The van der Waals surface area contributed by atoms with Gasteiger partial charge in [-0.2, -0.15) is 5.10 Å². The van der Waals surface area contributed by atoms with E-state index in [9.17, 15) is 0 Å². The van der Waals surface area contributed by atoms with Crippen molar-refractivity contribution < 1.29 is 5.21 Å². The molecular formula is C14H27N5O. The quantitative estimate of drug-likeness (QED) is 0.252. The maximum Gasteiger partial charge on any atom is 0.150 e. The minimum atomic E-state index is -0.265. The number of unbranched alkanes of at least 4 members (excludes halogenated alkanes) is 1. The Labute approximate surface area is 121 Å². The number of rotatable bonds is 8. The summed E-state index contributed by atoms with van der Waals surface area (Å²) in [7, 11) is 0. The van der Waals surface area contributed by atoms with Crippen molar-refractivity contribution in [3.63, 3.8) is 0 Å². The SMILES string of the molecule is CCc1nc(CC)n(CCCCC(C)(C)C(N)=NO)n1. The first-order valence-corrected chi connectivity index (χ1v) is 7.35. The molecule has 114 valence electrons. The second-order valence-corrected chi connectivity index (χ2v) is 5.70. The molecule has 1 rings (SSSR count). The van der Waals surface area contributed by atoms with E-state index in [4.69, 9.17) is 10.9 Å². The van der Waals surface area contributed by atoms with E-state index in [0.717, 1.165) is 50.3 Å². The van der Waals surface area contributed by atoms with Gasteiger partial charge >= 0.3 is 0 Å². The summed E-state index contributed by atoms with van der Waals surface area (Å²) in [5, 5.41) is 16.4. The third kappa shape index (κ3) is 4.21. The molecule has 0 saturated heterocycles. The van der Waals surface area contributed by atoms with Gasteiger partial charge in [-0.1, -0.05) is 39.3 Å². The van der Waals surface area contributed by atoms with Gasteiger partial charge < -0.3 is 10.9 Å². The number of oxime groups is 1. The molecule has 3 N–H and O–H groups in total. The zero-order valence-electron chi connectivity index (χ0n) is 13.1. The molecule has 6 nitrogen and oxygen atoms in total. The largest absolute Gasteiger partial charge is 0.409 e. The Morgan fingerprint density at radius 1 is 1.30 bits per heavy atom. The topological polar surface area (TPSA) is 89.3 Å². The van der Waals surface area contributed by atoms with Crippen LogP contribution in [0.15, 0.2) is 5.16 Å². The first-order chi connectivity index (χ1) is 9.44. The number of aromatic nitrogens is 3. The van der Waals surface area contributed by atoms with E-state index < -0.39 is 0 Å². The Morgan fingerprint density at radius 3 is 2.55 bits per heavy atom. The van der Waals surface area contributed by atoms with Crippen LogP contribution in [-0.4, -0.2) is 25.8 Å². The summed E-state index contributed by atoms with van der Waals surface area (Å²) >= 11 is 0. The molecule has 0 fully saturated rings. The van der Waals surface area contributed by atoms with Gasteiger partial charge in [0.15, 0.2) is 5.82 Å². The van der Waals surface area contributed by atoms with Crippen LogP contribution < -0.4 is 5.73 Å². The zero-order chi connectivity index (χ0) is 15.2. The van der Waals surface area contributed by atoms with Crippen molar-refractivity contribution in [3.05, 3.63) is 11.6 Å². The molecule has 0 aromatic carbocycles. The molecular weight excluding hydrogens is 254 g/mol. The molecule has 0 unspecified atom stereocenters. The van der Waals surface area contributed by atoms with Gasteiger partial charge in [0.2, 0.25) is 0 Å². The lowest BCUT2D eigenvalue weighted by atomic mass is 9.86. The number of nitrogens with zero attached hydrogens (tertiary/aromatic N) is 4. The highest BCUT2D eigenvalue weighted by molar-refractivity contribution is 5.85. The summed E-state index contributed by atoms with van der Waals surface area (Å²) in [4.78, 5) is 4.50. The van der Waals surface area contributed by atoms with E-state index in [1.54, 1.807) is 0 Å². The smallest absolute Gasteiger partial charge is 0.150 e. The summed E-state index contributed by atoms with van der Waals surface area (Å²) in [6, 6.07) is 0. The molecule has 6 heteroatoms. The highest BCUT2D eigenvalue weighted by atomic mass is 16.4. The van der Waals surface area contributed by atoms with Gasteiger partial charge in [-0.05, 0) is 12.8 Å². The monoisotopic (exact) mass is 281 g/mol. The van der Waals surface area contributed by atoms with E-state index in [1.807, 2.05) is 18.5 Å². The summed E-state index contributed by atoms with van der Waals surface area (Å²) in [6.07, 6.45) is 4.69. The number of hydrogen-bond donors (Lipinski definition) is 2. The molecule has 0 bridgehead atoms. The van der Waals surface area contributed by atoms with Gasteiger partial charge in [0.1, 0.15) is 11.7 Å². The first-order valence-electron chi connectivity index (χ1n) is 7.35. The lowest BCUT2D eigenvalue weighted by Gasteiger charge is -2.22. The van der Waals surface area contributed by atoms with Crippen molar-refractivity contribution >= 4 is 5.84 Å². The van der Waals surface area contributed by atoms with Crippen LogP contribution in [0.4, 0.5) is 0 Å². The fourth-order valence-corrected chi connectivity index (χ4v) is 2.11. The molecule has 1 aromatic rings. The highest BCUT2D eigenvalue weighted by Gasteiger charge is 2.22. The fourth-order valence-electron chi connectivity index (χ4n) is 2.11. The van der Waals surface area contributed by atoms with Crippen LogP contribution in [0.5, 0.6) is 0 Å². The highest BCUT2D eigenvalue weighted by Crippen LogP contribution is 2.23. The molecule has 0 aliphatic carbocycles. The van der Waals surface area contributed by atoms with Crippen molar-refractivity contribution in [2.24, 2.45) is 16.3 Å². The maximum absolute atomic E-state index is 8.74. The lowest BCUT2D eigenvalue weighted by molar-refractivity contribution is 0.303. The Balaban J connectivity index is 2.47. The second-order valence-electron chi connectivity index (χ2n) is 5.70. The molecule has 0 radical (unpaired) electrons. The van der Waals surface area contributed by atoms with Crippen LogP contribution in [0.2, 0.25) is 0 Å². The molecule has 0 saturated carbocycles. The minimum absolute atomic E-state index is 0.265. The third-order valence-corrected chi connectivity index (χ3v) is 3.65. The van der Waals surface area contributed by atoms with E-state index in [-0.39, 0.29) is 5.41 Å². The molecule has 1 heterocycles. The molecule has 0 amide bonds. The zero-order valence-corrected chi connectivity index (χ0v) is 13.1. The van der Waals surface area contributed by atoms with Gasteiger partial charge in [0.05, 0.1) is 0 Å². The van der Waals surface area contributed by atoms with Gasteiger partial charge in [-0.15, -0.1) is 0 Å². The lowest BCUT2D eigenvalue weighted by Crippen LogP contribution is -2.31. The average Bonchev–Trinajstić information content (AvgIpc) is 2.85. The molecule has 0 aliphatic heterocycles. The standard InChI is InChI=1S/C14H27N5O/c1-5-11-16-12(6-2)19(17-11)10-8-7-9-14(3,4)13(15)18-20/h20H,5-10H2,1-4H3,(H2,15,18). The fraction of sp³-hybridized carbons (Fsp3) is 0.786. The van der Waals surface area contributed by atoms with Crippen LogP contribution in [0.3, 0.4) is 0 Å². The predicted molar refractivity (Wildman–Crippen MR) is 79.8 cm³/mol. The molecule has 1 aromatic heterocycles. The van der Waals surface area contributed by atoms with E-state index in [1.165, 1.54) is 0 Å². The number of nitrogens with two attached hydrogens (primary N) is 1. The van der Waals surface area contributed by atoms with Crippen molar-refractivity contribution in [1.29, 1.82) is 0 Å². The normalized spacial score (nSPS) is 12.9. The van der Waals surface area contributed by atoms with Crippen LogP contribution in [0.1, 0.15) is 58.6 Å². The number of amidine groups is 1. The summed E-state index contributed by atoms with van der Waals surface area (Å²) < 4.78 is 2.01. The Hall–Kier alpha value is -1.59. The molecule has 0 atom stereocenters. The number of aryl methyl sites for hydroxylation is 3. The van der Waals surface area contributed by atoms with Crippen LogP contribution in [-0.2, 0) is 19.4 Å². The Kier molecular flexibility index (Phi) is 5.98. The average molecular weight is 281 g/mol. The van der Waals surface area contributed by atoms with Crippen LogP contribution in [0, 0.1) is 5.41 Å². The maximum atomic E-state index is 8.74. The summed E-state index contributed by atoms with van der Waals surface area (Å²) in [6.45, 7) is 9.02. The summed E-state index contributed by atoms with van der Waals surface area (Å²) in [5.41, 5.74) is 5.42. The van der Waals surface area contributed by atoms with Crippen molar-refractivity contribution in [2.75, 3.05) is 0 Å². The van der Waals surface area contributed by atoms with E-state index in [0.29, 0.717) is 5.84 Å². The van der Waals surface area contributed by atoms with Crippen LogP contribution >= 0.6 is 0 Å². The van der Waals surface area contributed by atoms with E-state index in [2.05, 4.69) is 29.1 Å². The van der Waals surface area contributed by atoms with Crippen molar-refractivity contribution in [2.45, 2.75) is 66.3 Å². The van der Waals surface area contributed by atoms with Gasteiger partial charge in [-0.3, -0.25) is 0 Å². The third-order valence-electron chi connectivity index (χ3n) is 3.65. The summed E-state index contributed by atoms with van der Waals surface area (Å²) in [5.74, 6) is 2.26. The molecule has 20 heavy (non-hydrogen) atoms. The van der Waals surface area contributed by atoms with Crippen molar-refractivity contribution in [3.8, 4) is 0 Å². The van der Waals surface area contributed by atoms with Gasteiger partial charge in [-0.25, -0.2) is 9.67 Å². The van der Waals surface area contributed by atoms with Gasteiger partial charge in [0, 0.05) is 24.8 Å². The predicted octanol–water partition coefficient (Wildman–Crippen LogP) is 2.35. The first kappa shape index (κ1) is 16.5. The van der Waals surface area contributed by atoms with Crippen molar-refractivity contribution in [1.82, 2.24) is 14.8 Å². The Morgan fingerprint density at radius 2 is 2.00 bits per heavy atom. The van der Waals surface area contributed by atoms with Gasteiger partial charge in [0.25, 0.3) is 0 Å². The van der Waals surface area contributed by atoms with E-state index >= 15 is 0 Å². The van der Waals surface area contributed by atoms with Crippen LogP contribution in [0.25, 0.3) is 0 Å².